The summed E-state index contributed by atoms with van der Waals surface area (Å²) in [5, 5.41) is 9.35. The number of rotatable bonds is 6. The lowest BCUT2D eigenvalue weighted by Gasteiger charge is -2.40. The van der Waals surface area contributed by atoms with E-state index in [0.29, 0.717) is 58.7 Å². The summed E-state index contributed by atoms with van der Waals surface area (Å²) < 4.78 is 41.2. The van der Waals surface area contributed by atoms with E-state index in [-0.39, 0.29) is 29.1 Å². The molecule has 6 rings (SSSR count). The number of carbonyl (C=O) groups excluding carboxylic acids is 3. The van der Waals surface area contributed by atoms with Crippen molar-refractivity contribution in [1.29, 1.82) is 0 Å². The van der Waals surface area contributed by atoms with E-state index in [1.807, 2.05) is 22.9 Å². The Morgan fingerprint density at radius 1 is 1.06 bits per heavy atom. The van der Waals surface area contributed by atoms with E-state index in [1.165, 1.54) is 17.4 Å². The zero-order valence-electron chi connectivity index (χ0n) is 25.3. The first-order valence-corrected chi connectivity index (χ1v) is 16.6. The van der Waals surface area contributed by atoms with Crippen molar-refractivity contribution in [3.05, 3.63) is 69.1 Å². The molecule has 11 nitrogen and oxygen atoms in total. The molecule has 47 heavy (non-hydrogen) atoms. The fraction of sp³-hybridized carbons (Fsp3) is 0.419. The summed E-state index contributed by atoms with van der Waals surface area (Å²) >= 11 is 7.61. The SMILES string of the molecule is Nc1c(Cl)cc(C[C@@H](NC(=O)N2CCC(N3Cc4cscc4NC3=O)CC2)C(=O)N2CCN(c3ccncc3)CC2)cc1C(F)(F)F. The summed E-state index contributed by atoms with van der Waals surface area (Å²) in [5.74, 6) is -0.402. The average Bonchev–Trinajstić information content (AvgIpc) is 3.52. The van der Waals surface area contributed by atoms with Crippen LogP contribution in [0.2, 0.25) is 5.02 Å². The highest BCUT2D eigenvalue weighted by Crippen LogP contribution is 2.38. The number of alkyl halides is 3. The zero-order chi connectivity index (χ0) is 33.3. The van der Waals surface area contributed by atoms with Crippen LogP contribution >= 0.6 is 22.9 Å². The van der Waals surface area contributed by atoms with Gasteiger partial charge in [0.1, 0.15) is 6.04 Å². The van der Waals surface area contributed by atoms with Crippen LogP contribution in [0.15, 0.2) is 47.4 Å². The Morgan fingerprint density at radius 2 is 1.77 bits per heavy atom. The molecule has 2 aromatic heterocycles. The zero-order valence-corrected chi connectivity index (χ0v) is 26.9. The number of benzene rings is 1. The number of amides is 5. The molecule has 3 aliphatic rings. The molecule has 0 bridgehead atoms. The van der Waals surface area contributed by atoms with E-state index in [2.05, 4.69) is 20.5 Å². The number of piperidine rings is 1. The van der Waals surface area contributed by atoms with Gasteiger partial charge in [0.25, 0.3) is 0 Å². The van der Waals surface area contributed by atoms with Crippen molar-refractivity contribution in [3.8, 4) is 0 Å². The van der Waals surface area contributed by atoms with Crippen LogP contribution in [0, 0.1) is 0 Å². The number of urea groups is 2. The Labute approximate surface area is 278 Å². The minimum absolute atomic E-state index is 0.0704. The predicted molar refractivity (Wildman–Crippen MR) is 173 cm³/mol. The second-order valence-corrected chi connectivity index (χ2v) is 13.0. The van der Waals surface area contributed by atoms with Gasteiger partial charge in [-0.3, -0.25) is 9.78 Å². The molecule has 16 heteroatoms. The number of pyridine rings is 1. The highest BCUT2D eigenvalue weighted by molar-refractivity contribution is 7.08. The van der Waals surface area contributed by atoms with Gasteiger partial charge in [-0.05, 0) is 48.1 Å². The second kappa shape index (κ2) is 13.5. The number of anilines is 3. The van der Waals surface area contributed by atoms with Crippen molar-refractivity contribution < 1.29 is 27.6 Å². The molecule has 5 heterocycles. The molecule has 0 spiro atoms. The number of hydrogen-bond donors (Lipinski definition) is 3. The van der Waals surface area contributed by atoms with Crippen molar-refractivity contribution in [3.63, 3.8) is 0 Å². The number of thiophene rings is 1. The first kappa shape index (κ1) is 32.7. The maximum Gasteiger partial charge on any atom is 0.418 e. The molecule has 0 aliphatic carbocycles. The Bertz CT molecular complexity index is 1630. The molecule has 2 fully saturated rings. The molecule has 4 N–H and O–H groups in total. The molecule has 0 radical (unpaired) electrons. The third kappa shape index (κ3) is 7.20. The van der Waals surface area contributed by atoms with E-state index in [0.717, 1.165) is 23.0 Å². The minimum Gasteiger partial charge on any atom is -0.397 e. The van der Waals surface area contributed by atoms with Gasteiger partial charge < -0.3 is 36.0 Å². The van der Waals surface area contributed by atoms with Crippen LogP contribution in [-0.2, 0) is 23.9 Å². The fourth-order valence-electron chi connectivity index (χ4n) is 6.34. The fourth-order valence-corrected chi connectivity index (χ4v) is 7.36. The number of nitrogen functional groups attached to an aromatic ring is 1. The van der Waals surface area contributed by atoms with E-state index in [9.17, 15) is 27.6 Å². The molecular formula is C31H34ClF3N8O3S. The van der Waals surface area contributed by atoms with E-state index in [4.69, 9.17) is 17.3 Å². The molecule has 3 aliphatic heterocycles. The lowest BCUT2D eigenvalue weighted by Crippen LogP contribution is -2.58. The maximum absolute atomic E-state index is 13.9. The van der Waals surface area contributed by atoms with Crippen molar-refractivity contribution in [2.24, 2.45) is 0 Å². The summed E-state index contributed by atoms with van der Waals surface area (Å²) in [6.45, 7) is 2.97. The number of piperazine rings is 1. The average molecular weight is 691 g/mol. The third-order valence-electron chi connectivity index (χ3n) is 8.93. The summed E-state index contributed by atoms with van der Waals surface area (Å²) in [7, 11) is 0. The van der Waals surface area contributed by atoms with Gasteiger partial charge in [0, 0.05) is 80.8 Å². The topological polar surface area (TPSA) is 127 Å². The van der Waals surface area contributed by atoms with Crippen LogP contribution in [0.4, 0.5) is 39.8 Å². The van der Waals surface area contributed by atoms with Crippen LogP contribution in [0.5, 0.6) is 0 Å². The number of nitrogens with two attached hydrogens (primary N) is 1. The van der Waals surface area contributed by atoms with Gasteiger partial charge in [-0.25, -0.2) is 9.59 Å². The van der Waals surface area contributed by atoms with E-state index in [1.54, 1.807) is 27.1 Å². The normalized spacial score (nSPS) is 18.1. The largest absolute Gasteiger partial charge is 0.418 e. The highest BCUT2D eigenvalue weighted by Gasteiger charge is 2.37. The van der Waals surface area contributed by atoms with Crippen molar-refractivity contribution in [2.45, 2.75) is 44.1 Å². The van der Waals surface area contributed by atoms with Gasteiger partial charge in [-0.1, -0.05) is 11.6 Å². The van der Waals surface area contributed by atoms with Crippen LogP contribution in [-0.4, -0.2) is 89.0 Å². The standard InChI is InChI=1S/C31H34ClF3N8O3S/c32-24-14-19(13-23(27(24)36)31(33,34)35)15-25(28(44)41-11-9-40(10-12-41)21-1-5-37-6-2-21)38-29(45)42-7-3-22(4-8-42)43-16-20-17-47-18-26(20)39-30(43)46/h1-2,5-6,13-14,17-18,22,25H,3-4,7-12,15-16,36H2,(H,38,45)(H,39,46)/t25-/m1/s1. The van der Waals surface area contributed by atoms with Crippen molar-refractivity contribution >= 4 is 58.0 Å². The molecule has 3 aromatic rings. The molecule has 0 saturated carbocycles. The second-order valence-electron chi connectivity index (χ2n) is 11.8. The summed E-state index contributed by atoms with van der Waals surface area (Å²) in [5.41, 5.74) is 6.91. The van der Waals surface area contributed by atoms with Crippen LogP contribution in [0.3, 0.4) is 0 Å². The van der Waals surface area contributed by atoms with Crippen LogP contribution < -0.4 is 21.3 Å². The van der Waals surface area contributed by atoms with Gasteiger partial charge >= 0.3 is 18.2 Å². The van der Waals surface area contributed by atoms with Crippen molar-refractivity contribution in [2.75, 3.05) is 55.2 Å². The van der Waals surface area contributed by atoms with Gasteiger partial charge in [0.2, 0.25) is 5.91 Å². The van der Waals surface area contributed by atoms with Gasteiger partial charge in [-0.2, -0.15) is 13.2 Å². The molecule has 250 valence electrons. The first-order valence-electron chi connectivity index (χ1n) is 15.2. The van der Waals surface area contributed by atoms with Gasteiger partial charge in [0.05, 0.1) is 28.5 Å². The first-order chi connectivity index (χ1) is 22.5. The number of carbonyl (C=O) groups is 3. The number of aromatic nitrogens is 1. The molecule has 0 unspecified atom stereocenters. The third-order valence-corrected chi connectivity index (χ3v) is 10.0. The number of nitrogens with zero attached hydrogens (tertiary/aromatic N) is 5. The molecule has 1 aromatic carbocycles. The maximum atomic E-state index is 13.9. The Kier molecular flexibility index (Phi) is 9.37. The number of hydrogen-bond acceptors (Lipinski definition) is 7. The molecule has 2 saturated heterocycles. The van der Waals surface area contributed by atoms with Gasteiger partial charge in [-0.15, -0.1) is 11.3 Å². The molecule has 1 atom stereocenters. The molecule has 5 amide bonds. The van der Waals surface area contributed by atoms with E-state index < -0.39 is 35.4 Å². The highest BCUT2D eigenvalue weighted by atomic mass is 35.5. The minimum atomic E-state index is -4.75. The Hall–Kier alpha value is -4.24. The lowest BCUT2D eigenvalue weighted by atomic mass is 10.00. The quantitative estimate of drug-likeness (QED) is 0.317. The monoisotopic (exact) mass is 690 g/mol. The number of likely N-dealkylation sites (tertiary alicyclic amines) is 1. The summed E-state index contributed by atoms with van der Waals surface area (Å²) in [6.07, 6.45) is -0.511. The number of fused-ring (bicyclic) bond motifs is 1. The summed E-state index contributed by atoms with van der Waals surface area (Å²) in [4.78, 5) is 51.3. The smallest absolute Gasteiger partial charge is 0.397 e. The van der Waals surface area contributed by atoms with Crippen LogP contribution in [0.25, 0.3) is 0 Å². The van der Waals surface area contributed by atoms with Crippen molar-refractivity contribution in [1.82, 2.24) is 25.0 Å². The number of nitrogens with one attached hydrogen (secondary N) is 2. The predicted octanol–water partition coefficient (Wildman–Crippen LogP) is 4.88. The molecular weight excluding hydrogens is 657 g/mol. The Morgan fingerprint density at radius 3 is 2.45 bits per heavy atom. The lowest BCUT2D eigenvalue weighted by molar-refractivity contribution is -0.137. The van der Waals surface area contributed by atoms with E-state index >= 15 is 0 Å². The summed E-state index contributed by atoms with van der Waals surface area (Å²) in [6, 6.07) is 4.04. The van der Waals surface area contributed by atoms with Crippen LogP contribution in [0.1, 0.15) is 29.5 Å². The Balaban J connectivity index is 1.15. The van der Waals surface area contributed by atoms with Gasteiger partial charge in [0.15, 0.2) is 0 Å². The number of halogens is 4.